The Balaban J connectivity index is 2.05. The van der Waals surface area contributed by atoms with Gasteiger partial charge in [-0.05, 0) is 68.5 Å². The third-order valence-corrected chi connectivity index (χ3v) is 5.33. The van der Waals surface area contributed by atoms with Crippen molar-refractivity contribution in [3.8, 4) is 0 Å². The fraction of sp³-hybridized carbons (Fsp3) is 0.333. The summed E-state index contributed by atoms with van der Waals surface area (Å²) in [6, 6.07) is 11.8. The number of nitrogens with one attached hydrogen (secondary N) is 1. The first-order valence-electron chi connectivity index (χ1n) is 9.84. The van der Waals surface area contributed by atoms with Gasteiger partial charge in [0.2, 0.25) is 0 Å². The van der Waals surface area contributed by atoms with Gasteiger partial charge in [-0.25, -0.2) is 0 Å². The van der Waals surface area contributed by atoms with Gasteiger partial charge in [-0.1, -0.05) is 29.8 Å². The van der Waals surface area contributed by atoms with Crippen LogP contribution in [-0.2, 0) is 14.3 Å². The van der Waals surface area contributed by atoms with Crippen molar-refractivity contribution in [2.45, 2.75) is 34.1 Å². The van der Waals surface area contributed by atoms with Crippen molar-refractivity contribution in [1.82, 2.24) is 4.90 Å². The van der Waals surface area contributed by atoms with Gasteiger partial charge in [0.05, 0.1) is 5.57 Å². The van der Waals surface area contributed by atoms with Gasteiger partial charge >= 0.3 is 0 Å². The summed E-state index contributed by atoms with van der Waals surface area (Å²) in [6.07, 6.45) is 0.602. The Bertz CT molecular complexity index is 992. The predicted molar refractivity (Wildman–Crippen MR) is 116 cm³/mol. The van der Waals surface area contributed by atoms with Gasteiger partial charge in [0.15, 0.2) is 0 Å². The van der Waals surface area contributed by atoms with E-state index in [4.69, 9.17) is 4.74 Å². The SMILES string of the molecule is COCCCN1C(=O)C(Nc2ccc(C)c(C)c2)=C(c2ccc(C)cc2C)C1=O. The largest absolute Gasteiger partial charge is 0.385 e. The van der Waals surface area contributed by atoms with E-state index >= 15 is 0 Å². The lowest BCUT2D eigenvalue weighted by atomic mass is 9.97. The molecule has 5 nitrogen and oxygen atoms in total. The molecule has 0 atom stereocenters. The van der Waals surface area contributed by atoms with Gasteiger partial charge < -0.3 is 10.1 Å². The van der Waals surface area contributed by atoms with E-state index < -0.39 is 0 Å². The number of benzene rings is 2. The molecule has 29 heavy (non-hydrogen) atoms. The summed E-state index contributed by atoms with van der Waals surface area (Å²) in [4.78, 5) is 27.7. The van der Waals surface area contributed by atoms with Crippen molar-refractivity contribution in [2.75, 3.05) is 25.6 Å². The molecule has 2 aromatic rings. The number of imide groups is 1. The van der Waals surface area contributed by atoms with Gasteiger partial charge in [-0.2, -0.15) is 0 Å². The summed E-state index contributed by atoms with van der Waals surface area (Å²) in [5.74, 6) is -0.552. The van der Waals surface area contributed by atoms with Crippen LogP contribution in [0.25, 0.3) is 5.57 Å². The molecule has 0 saturated heterocycles. The predicted octanol–water partition coefficient (Wildman–Crippen LogP) is 4.15. The number of nitrogens with zero attached hydrogens (tertiary/aromatic N) is 1. The molecule has 0 bridgehead atoms. The Morgan fingerprint density at radius 3 is 2.31 bits per heavy atom. The van der Waals surface area contributed by atoms with Crippen molar-refractivity contribution in [1.29, 1.82) is 0 Å². The molecule has 1 N–H and O–H groups in total. The highest BCUT2D eigenvalue weighted by Crippen LogP contribution is 2.33. The zero-order valence-corrected chi connectivity index (χ0v) is 17.8. The maximum Gasteiger partial charge on any atom is 0.278 e. The maximum atomic E-state index is 13.2. The van der Waals surface area contributed by atoms with E-state index in [1.165, 1.54) is 10.5 Å². The highest BCUT2D eigenvalue weighted by molar-refractivity contribution is 6.36. The molecule has 1 aliphatic rings. The van der Waals surface area contributed by atoms with Crippen molar-refractivity contribution in [3.63, 3.8) is 0 Å². The fourth-order valence-corrected chi connectivity index (χ4v) is 3.57. The summed E-state index contributed by atoms with van der Waals surface area (Å²) in [6.45, 7) is 8.88. The van der Waals surface area contributed by atoms with Crippen molar-refractivity contribution < 1.29 is 14.3 Å². The monoisotopic (exact) mass is 392 g/mol. The number of hydrogen-bond acceptors (Lipinski definition) is 4. The number of hydrogen-bond donors (Lipinski definition) is 1. The number of anilines is 1. The Hall–Kier alpha value is -2.92. The molecular weight excluding hydrogens is 364 g/mol. The highest BCUT2D eigenvalue weighted by atomic mass is 16.5. The maximum absolute atomic E-state index is 13.2. The summed E-state index contributed by atoms with van der Waals surface area (Å²) < 4.78 is 5.08. The average molecular weight is 392 g/mol. The standard InChI is InChI=1S/C24H28N2O3/c1-15-7-10-20(18(4)13-15)21-22(25-19-9-8-16(2)17(3)14-19)24(28)26(23(21)27)11-6-12-29-5/h7-10,13-14,25H,6,11-12H2,1-5H3. The second kappa shape index (κ2) is 8.62. The zero-order valence-electron chi connectivity index (χ0n) is 17.8. The number of rotatable bonds is 7. The molecule has 152 valence electrons. The van der Waals surface area contributed by atoms with Crippen LogP contribution in [0.4, 0.5) is 5.69 Å². The Labute approximate surface area is 172 Å². The fourth-order valence-electron chi connectivity index (χ4n) is 3.57. The molecule has 5 heteroatoms. The van der Waals surface area contributed by atoms with E-state index in [-0.39, 0.29) is 11.8 Å². The van der Waals surface area contributed by atoms with E-state index in [0.717, 1.165) is 27.9 Å². The second-order valence-corrected chi connectivity index (χ2v) is 7.60. The van der Waals surface area contributed by atoms with Crippen LogP contribution in [0.2, 0.25) is 0 Å². The van der Waals surface area contributed by atoms with E-state index in [1.807, 2.05) is 64.1 Å². The molecule has 0 unspecified atom stereocenters. The molecule has 1 aliphatic heterocycles. The van der Waals surface area contributed by atoms with Gasteiger partial charge in [-0.15, -0.1) is 0 Å². The highest BCUT2D eigenvalue weighted by Gasteiger charge is 2.39. The van der Waals surface area contributed by atoms with Crippen LogP contribution < -0.4 is 5.32 Å². The van der Waals surface area contributed by atoms with Crippen molar-refractivity contribution >= 4 is 23.1 Å². The quantitative estimate of drug-likeness (QED) is 0.568. The molecule has 2 amide bonds. The Morgan fingerprint density at radius 2 is 1.66 bits per heavy atom. The molecular formula is C24H28N2O3. The third-order valence-electron chi connectivity index (χ3n) is 5.33. The van der Waals surface area contributed by atoms with Gasteiger partial charge in [-0.3, -0.25) is 14.5 Å². The lowest BCUT2D eigenvalue weighted by Gasteiger charge is -2.15. The summed E-state index contributed by atoms with van der Waals surface area (Å²) in [5, 5.41) is 3.24. The number of amides is 2. The van der Waals surface area contributed by atoms with Crippen LogP contribution in [-0.4, -0.2) is 37.0 Å². The van der Waals surface area contributed by atoms with Gasteiger partial charge in [0, 0.05) is 25.9 Å². The number of aryl methyl sites for hydroxylation is 4. The van der Waals surface area contributed by atoms with Crippen LogP contribution in [0.15, 0.2) is 42.1 Å². The first kappa shape index (κ1) is 20.8. The summed E-state index contributed by atoms with van der Waals surface area (Å²) in [7, 11) is 1.61. The molecule has 0 saturated carbocycles. The average Bonchev–Trinajstić information content (AvgIpc) is 2.89. The number of carbonyl (C=O) groups is 2. The van der Waals surface area contributed by atoms with E-state index in [0.29, 0.717) is 30.8 Å². The van der Waals surface area contributed by atoms with Crippen LogP contribution in [0, 0.1) is 27.7 Å². The molecule has 2 aromatic carbocycles. The minimum absolute atomic E-state index is 0.260. The van der Waals surface area contributed by atoms with Crippen molar-refractivity contribution in [2.24, 2.45) is 0 Å². The van der Waals surface area contributed by atoms with Crippen LogP contribution in [0.5, 0.6) is 0 Å². The summed E-state index contributed by atoms with van der Waals surface area (Å²) >= 11 is 0. The van der Waals surface area contributed by atoms with E-state index in [1.54, 1.807) is 7.11 Å². The lowest BCUT2D eigenvalue weighted by molar-refractivity contribution is -0.137. The third kappa shape index (κ3) is 4.25. The van der Waals surface area contributed by atoms with Gasteiger partial charge in [0.1, 0.15) is 5.70 Å². The van der Waals surface area contributed by atoms with E-state index in [2.05, 4.69) is 5.32 Å². The minimum Gasteiger partial charge on any atom is -0.385 e. The topological polar surface area (TPSA) is 58.6 Å². The molecule has 3 rings (SSSR count). The number of carbonyl (C=O) groups excluding carboxylic acids is 2. The zero-order chi connectivity index (χ0) is 21.1. The molecule has 0 fully saturated rings. The normalized spacial score (nSPS) is 14.2. The molecule has 0 aliphatic carbocycles. The van der Waals surface area contributed by atoms with Crippen molar-refractivity contribution in [3.05, 3.63) is 69.9 Å². The lowest BCUT2D eigenvalue weighted by Crippen LogP contribution is -2.34. The summed E-state index contributed by atoms with van der Waals surface area (Å²) in [5.41, 5.74) is 6.74. The smallest absolute Gasteiger partial charge is 0.278 e. The van der Waals surface area contributed by atoms with Gasteiger partial charge in [0.25, 0.3) is 11.8 Å². The Kier molecular flexibility index (Phi) is 6.18. The second-order valence-electron chi connectivity index (χ2n) is 7.60. The molecule has 0 spiro atoms. The van der Waals surface area contributed by atoms with Crippen LogP contribution in [0.3, 0.4) is 0 Å². The number of methoxy groups -OCH3 is 1. The van der Waals surface area contributed by atoms with Crippen LogP contribution in [0.1, 0.15) is 34.2 Å². The van der Waals surface area contributed by atoms with Crippen LogP contribution >= 0.6 is 0 Å². The van der Waals surface area contributed by atoms with E-state index in [9.17, 15) is 9.59 Å². The first-order chi connectivity index (χ1) is 13.8. The molecule has 1 heterocycles. The molecule has 0 radical (unpaired) electrons. The Morgan fingerprint density at radius 1 is 0.897 bits per heavy atom. The minimum atomic E-state index is -0.292. The first-order valence-corrected chi connectivity index (χ1v) is 9.84. The molecule has 0 aromatic heterocycles. The number of ether oxygens (including phenoxy) is 1.